The van der Waals surface area contributed by atoms with Crippen molar-refractivity contribution < 1.29 is 23.9 Å². The molecule has 2 amide bonds. The standard InChI is InChI=1S/C16H21N3O5/c1-16(2,3)24-15(22)19-8-11(9-19)13(20)18-12-6-5-10(7-17-12)14(21)23-4/h5-7,11H,8-9H2,1-4H3,(H,17,18,20). The molecule has 0 bridgehead atoms. The van der Waals surface area contributed by atoms with Gasteiger partial charge in [0.15, 0.2) is 0 Å². The normalized spacial score (nSPS) is 14.6. The Morgan fingerprint density at radius 3 is 2.42 bits per heavy atom. The number of carbonyl (C=O) groups is 3. The van der Waals surface area contributed by atoms with E-state index in [0.29, 0.717) is 24.5 Å². The van der Waals surface area contributed by atoms with E-state index in [1.807, 2.05) is 0 Å². The topological polar surface area (TPSA) is 97.8 Å². The molecular formula is C16H21N3O5. The molecule has 0 spiro atoms. The predicted octanol–water partition coefficient (Wildman–Crippen LogP) is 1.67. The summed E-state index contributed by atoms with van der Waals surface area (Å²) in [6.45, 7) is 5.98. The Kier molecular flexibility index (Phi) is 5.06. The minimum atomic E-state index is -0.560. The van der Waals surface area contributed by atoms with Gasteiger partial charge in [-0.15, -0.1) is 0 Å². The number of hydrogen-bond donors (Lipinski definition) is 1. The summed E-state index contributed by atoms with van der Waals surface area (Å²) in [5, 5.41) is 2.65. The summed E-state index contributed by atoms with van der Waals surface area (Å²) in [6, 6.07) is 3.04. The lowest BCUT2D eigenvalue weighted by Crippen LogP contribution is -2.55. The van der Waals surface area contributed by atoms with Crippen molar-refractivity contribution in [1.29, 1.82) is 0 Å². The second kappa shape index (κ2) is 6.86. The SMILES string of the molecule is COC(=O)c1ccc(NC(=O)C2CN(C(=O)OC(C)(C)C)C2)nc1. The molecule has 0 aromatic carbocycles. The van der Waals surface area contributed by atoms with E-state index in [1.54, 1.807) is 20.8 Å². The first-order valence-electron chi connectivity index (χ1n) is 7.53. The first kappa shape index (κ1) is 17.7. The molecule has 8 heteroatoms. The van der Waals surface area contributed by atoms with Gasteiger partial charge in [0.1, 0.15) is 11.4 Å². The molecule has 24 heavy (non-hydrogen) atoms. The number of methoxy groups -OCH3 is 1. The number of nitrogens with one attached hydrogen (secondary N) is 1. The summed E-state index contributed by atoms with van der Waals surface area (Å²) in [5.74, 6) is -0.691. The zero-order valence-corrected chi connectivity index (χ0v) is 14.2. The lowest BCUT2D eigenvalue weighted by molar-refractivity contribution is -0.124. The van der Waals surface area contributed by atoms with Crippen molar-refractivity contribution in [3.63, 3.8) is 0 Å². The van der Waals surface area contributed by atoms with Crippen molar-refractivity contribution in [2.75, 3.05) is 25.5 Å². The number of esters is 1. The number of likely N-dealkylation sites (tertiary alicyclic amines) is 1. The van der Waals surface area contributed by atoms with E-state index in [2.05, 4.69) is 15.0 Å². The van der Waals surface area contributed by atoms with Gasteiger partial charge in [0.25, 0.3) is 0 Å². The van der Waals surface area contributed by atoms with Crippen molar-refractivity contribution in [2.24, 2.45) is 5.92 Å². The van der Waals surface area contributed by atoms with Crippen molar-refractivity contribution in [1.82, 2.24) is 9.88 Å². The quantitative estimate of drug-likeness (QED) is 0.844. The number of aromatic nitrogens is 1. The van der Waals surface area contributed by atoms with Crippen LogP contribution in [0.15, 0.2) is 18.3 Å². The highest BCUT2D eigenvalue weighted by molar-refractivity contribution is 5.94. The van der Waals surface area contributed by atoms with Crippen LogP contribution in [0.3, 0.4) is 0 Å². The fraction of sp³-hybridized carbons (Fsp3) is 0.500. The Balaban J connectivity index is 1.82. The monoisotopic (exact) mass is 335 g/mol. The van der Waals surface area contributed by atoms with E-state index in [-0.39, 0.29) is 11.8 Å². The molecule has 1 aromatic rings. The zero-order valence-electron chi connectivity index (χ0n) is 14.2. The Bertz CT molecular complexity index is 630. The van der Waals surface area contributed by atoms with Gasteiger partial charge < -0.3 is 19.7 Å². The molecule has 0 atom stereocenters. The van der Waals surface area contributed by atoms with Crippen molar-refractivity contribution in [2.45, 2.75) is 26.4 Å². The Morgan fingerprint density at radius 1 is 1.25 bits per heavy atom. The number of amides is 2. The molecule has 0 saturated carbocycles. The molecule has 1 aromatic heterocycles. The maximum atomic E-state index is 12.1. The summed E-state index contributed by atoms with van der Waals surface area (Å²) < 4.78 is 9.81. The molecule has 0 radical (unpaired) electrons. The second-order valence-electron chi connectivity index (χ2n) is 6.50. The Hall–Kier alpha value is -2.64. The van der Waals surface area contributed by atoms with Crippen LogP contribution < -0.4 is 5.32 Å². The fourth-order valence-corrected chi connectivity index (χ4v) is 2.05. The van der Waals surface area contributed by atoms with Crippen LogP contribution in [-0.2, 0) is 14.3 Å². The molecule has 130 valence electrons. The van der Waals surface area contributed by atoms with Gasteiger partial charge in [-0.1, -0.05) is 0 Å². The number of anilines is 1. The highest BCUT2D eigenvalue weighted by Crippen LogP contribution is 2.21. The van der Waals surface area contributed by atoms with Gasteiger partial charge in [-0.3, -0.25) is 4.79 Å². The predicted molar refractivity (Wildman–Crippen MR) is 85.5 cm³/mol. The van der Waals surface area contributed by atoms with Crippen LogP contribution in [-0.4, -0.2) is 53.7 Å². The highest BCUT2D eigenvalue weighted by atomic mass is 16.6. The molecule has 1 saturated heterocycles. The molecule has 1 fully saturated rings. The third kappa shape index (κ3) is 4.43. The van der Waals surface area contributed by atoms with Gasteiger partial charge in [0.05, 0.1) is 18.6 Å². The van der Waals surface area contributed by atoms with E-state index in [1.165, 1.54) is 30.3 Å². The van der Waals surface area contributed by atoms with Crippen molar-refractivity contribution in [3.8, 4) is 0 Å². The average Bonchev–Trinajstić information content (AvgIpc) is 2.43. The van der Waals surface area contributed by atoms with Gasteiger partial charge in [-0.2, -0.15) is 0 Å². The largest absolute Gasteiger partial charge is 0.465 e. The molecule has 0 unspecified atom stereocenters. The minimum Gasteiger partial charge on any atom is -0.465 e. The van der Waals surface area contributed by atoms with Crippen molar-refractivity contribution >= 4 is 23.8 Å². The maximum absolute atomic E-state index is 12.1. The number of rotatable bonds is 3. The summed E-state index contributed by atoms with van der Waals surface area (Å²) >= 11 is 0. The van der Waals surface area contributed by atoms with E-state index in [9.17, 15) is 14.4 Å². The number of hydrogen-bond acceptors (Lipinski definition) is 6. The van der Waals surface area contributed by atoms with Crippen LogP contribution in [0.25, 0.3) is 0 Å². The first-order valence-corrected chi connectivity index (χ1v) is 7.53. The third-order valence-electron chi connectivity index (χ3n) is 3.34. The van der Waals surface area contributed by atoms with Crippen LogP contribution in [0.4, 0.5) is 10.6 Å². The van der Waals surface area contributed by atoms with Gasteiger partial charge in [-0.05, 0) is 32.9 Å². The van der Waals surface area contributed by atoms with Gasteiger partial charge in [0, 0.05) is 19.3 Å². The Morgan fingerprint density at radius 2 is 1.92 bits per heavy atom. The van der Waals surface area contributed by atoms with Gasteiger partial charge in [-0.25, -0.2) is 14.6 Å². The number of ether oxygens (including phenoxy) is 2. The average molecular weight is 335 g/mol. The molecule has 1 N–H and O–H groups in total. The fourth-order valence-electron chi connectivity index (χ4n) is 2.05. The van der Waals surface area contributed by atoms with E-state index < -0.39 is 17.7 Å². The summed E-state index contributed by atoms with van der Waals surface area (Å²) in [5.41, 5.74) is -0.259. The number of nitrogens with zero attached hydrogens (tertiary/aromatic N) is 2. The van der Waals surface area contributed by atoms with E-state index in [4.69, 9.17) is 4.74 Å². The van der Waals surface area contributed by atoms with Crippen LogP contribution in [0, 0.1) is 5.92 Å². The third-order valence-corrected chi connectivity index (χ3v) is 3.34. The van der Waals surface area contributed by atoms with Crippen LogP contribution in [0.1, 0.15) is 31.1 Å². The van der Waals surface area contributed by atoms with Gasteiger partial charge in [0.2, 0.25) is 5.91 Å². The second-order valence-corrected chi connectivity index (χ2v) is 6.50. The molecule has 0 aliphatic carbocycles. The highest BCUT2D eigenvalue weighted by Gasteiger charge is 2.37. The Labute approximate surface area is 140 Å². The smallest absolute Gasteiger partial charge is 0.410 e. The van der Waals surface area contributed by atoms with E-state index >= 15 is 0 Å². The zero-order chi connectivity index (χ0) is 17.9. The van der Waals surface area contributed by atoms with Crippen LogP contribution in [0.2, 0.25) is 0 Å². The van der Waals surface area contributed by atoms with Crippen LogP contribution >= 0.6 is 0 Å². The van der Waals surface area contributed by atoms with Gasteiger partial charge >= 0.3 is 12.1 Å². The molecule has 1 aliphatic heterocycles. The van der Waals surface area contributed by atoms with Crippen LogP contribution in [0.5, 0.6) is 0 Å². The lowest BCUT2D eigenvalue weighted by Gasteiger charge is -2.38. The molecule has 2 heterocycles. The maximum Gasteiger partial charge on any atom is 0.410 e. The molecule has 1 aliphatic rings. The summed E-state index contributed by atoms with van der Waals surface area (Å²) in [6.07, 6.45) is 0.905. The van der Waals surface area contributed by atoms with Crippen molar-refractivity contribution in [3.05, 3.63) is 23.9 Å². The summed E-state index contributed by atoms with van der Waals surface area (Å²) in [7, 11) is 1.28. The molecular weight excluding hydrogens is 314 g/mol. The number of carbonyl (C=O) groups excluding carboxylic acids is 3. The number of pyridine rings is 1. The lowest BCUT2D eigenvalue weighted by atomic mass is 10.00. The van der Waals surface area contributed by atoms with E-state index in [0.717, 1.165) is 0 Å². The molecule has 8 nitrogen and oxygen atoms in total. The first-order chi connectivity index (χ1) is 11.2. The molecule has 2 rings (SSSR count). The minimum absolute atomic E-state index is 0.229. The summed E-state index contributed by atoms with van der Waals surface area (Å²) in [4.78, 5) is 40.7.